The van der Waals surface area contributed by atoms with E-state index in [0.717, 1.165) is 81.4 Å². The highest BCUT2D eigenvalue weighted by atomic mass is 16.5. The molecule has 15 rings (SSSR count). The quantitative estimate of drug-likeness (QED) is 0.0567. The number of aromatic nitrogens is 18. The maximum atomic E-state index is 10.1. The van der Waals surface area contributed by atoms with Crippen LogP contribution in [0.25, 0.3) is 88.7 Å². The summed E-state index contributed by atoms with van der Waals surface area (Å²) in [6.45, 7) is 44.1. The highest BCUT2D eigenvalue weighted by Crippen LogP contribution is 2.61. The number of unbranched alkanes of at least 4 members (excludes halogenated alkanes) is 1. The van der Waals surface area contributed by atoms with Gasteiger partial charge in [0.1, 0.15) is 72.3 Å². The second-order valence-corrected chi connectivity index (χ2v) is 31.2. The summed E-state index contributed by atoms with van der Waals surface area (Å²) >= 11 is 0. The summed E-state index contributed by atoms with van der Waals surface area (Å²) in [4.78, 5) is 3.41. The van der Waals surface area contributed by atoms with Gasteiger partial charge in [0, 0.05) is 34.1 Å². The largest absolute Gasteiger partial charge is 0.507 e. The molecule has 0 aliphatic heterocycles. The monoisotopic (exact) mass is 1360 g/mol. The number of phenols is 1. The van der Waals surface area contributed by atoms with Crippen molar-refractivity contribution in [1.82, 2.24) is 91.6 Å². The van der Waals surface area contributed by atoms with Crippen molar-refractivity contribution in [3.63, 3.8) is 0 Å². The number of phenolic OH excluding ortho intramolecular Hbond substituents is 1. The predicted octanol–water partition coefficient (Wildman–Crippen LogP) is 18.0. The fourth-order valence-electron chi connectivity index (χ4n) is 16.6. The number of ether oxygens (including phenoxy) is 2. The SMILES string of the molecule is C=C1C(c2cccc3n[nH]nc23)=C(n2nc3ccccc3n2)C(Oc2cccc3n[nH]nc23)=C(CC2=C(Oc3cccc4n[nH]nc34)C(n3nc4ccccc4n3)=C(c3cccc4n[nH]nc34)C(=C)C2C(C)(C)CC(C)(C)C)C1C(C)(C)CC(C)(C)C.CCCCc1c(C)c(C)c(C)c(C)c1O. The molecular weight excluding hydrogens is 1270 g/mol. The van der Waals surface area contributed by atoms with Crippen LogP contribution in [-0.4, -0.2) is 96.7 Å². The molecule has 102 heavy (non-hydrogen) atoms. The molecule has 0 fully saturated rings. The Balaban J connectivity index is 0.000000524. The minimum Gasteiger partial charge on any atom is -0.507 e. The fraction of sp³-hybridized carbons (Fsp3) is 0.333. The van der Waals surface area contributed by atoms with E-state index in [1.807, 2.05) is 116 Å². The van der Waals surface area contributed by atoms with Gasteiger partial charge < -0.3 is 14.6 Å². The Labute approximate surface area is 592 Å². The van der Waals surface area contributed by atoms with E-state index < -0.39 is 22.7 Å². The molecule has 2 aliphatic rings. The van der Waals surface area contributed by atoms with Crippen LogP contribution in [0.4, 0.5) is 0 Å². The molecule has 0 saturated heterocycles. The number of benzene rings is 7. The van der Waals surface area contributed by atoms with Gasteiger partial charge in [-0.25, -0.2) is 0 Å². The molecule has 7 aromatic carbocycles. The fourth-order valence-corrected chi connectivity index (χ4v) is 16.6. The Morgan fingerprint density at radius 3 is 1.15 bits per heavy atom. The van der Waals surface area contributed by atoms with Crippen LogP contribution in [0.3, 0.4) is 0 Å². The third-order valence-electron chi connectivity index (χ3n) is 20.3. The van der Waals surface area contributed by atoms with Crippen molar-refractivity contribution < 1.29 is 14.6 Å². The van der Waals surface area contributed by atoms with Gasteiger partial charge in [-0.1, -0.05) is 156 Å². The van der Waals surface area contributed by atoms with Crippen LogP contribution < -0.4 is 9.47 Å². The minimum absolute atomic E-state index is 0.180. The zero-order chi connectivity index (χ0) is 71.9. The average molecular weight is 1360 g/mol. The minimum atomic E-state index is -0.570. The van der Waals surface area contributed by atoms with E-state index in [4.69, 9.17) is 63.4 Å². The van der Waals surface area contributed by atoms with E-state index in [0.29, 0.717) is 106 Å². The normalized spacial score (nSPS) is 16.0. The van der Waals surface area contributed by atoms with Crippen molar-refractivity contribution in [3.8, 4) is 17.2 Å². The van der Waals surface area contributed by atoms with Gasteiger partial charge in [0.05, 0.1) is 0 Å². The molecule has 6 heterocycles. The molecule has 21 heteroatoms. The number of hydrogen-bond acceptors (Lipinski definition) is 15. The maximum Gasteiger partial charge on any atom is 0.157 e. The number of fused-ring (bicyclic) bond motifs is 6. The van der Waals surface area contributed by atoms with Gasteiger partial charge in [-0.3, -0.25) is 0 Å². The number of nitrogens with zero attached hydrogens (tertiary/aromatic N) is 14. The lowest BCUT2D eigenvalue weighted by molar-refractivity contribution is 0.159. The van der Waals surface area contributed by atoms with Gasteiger partial charge in [0.25, 0.3) is 0 Å². The van der Waals surface area contributed by atoms with Crippen molar-refractivity contribution in [2.45, 2.75) is 142 Å². The molecular formula is C81H88N18O3. The Morgan fingerprint density at radius 2 is 0.775 bits per heavy atom. The highest BCUT2D eigenvalue weighted by molar-refractivity contribution is 6.08. The van der Waals surface area contributed by atoms with Crippen molar-refractivity contribution in [1.29, 1.82) is 0 Å². The van der Waals surface area contributed by atoms with Crippen LogP contribution in [-0.2, 0) is 6.42 Å². The summed E-state index contributed by atoms with van der Waals surface area (Å²) in [5.41, 5.74) is 19.7. The Kier molecular flexibility index (Phi) is 17.4. The van der Waals surface area contributed by atoms with Crippen LogP contribution in [0.1, 0.15) is 147 Å². The van der Waals surface area contributed by atoms with E-state index in [9.17, 15) is 5.11 Å². The second-order valence-electron chi connectivity index (χ2n) is 31.2. The molecule has 6 aromatic heterocycles. The van der Waals surface area contributed by atoms with Crippen molar-refractivity contribution in [2.24, 2.45) is 33.5 Å². The zero-order valence-electron chi connectivity index (χ0n) is 60.9. The predicted molar refractivity (Wildman–Crippen MR) is 403 cm³/mol. The first-order valence-corrected chi connectivity index (χ1v) is 35.0. The van der Waals surface area contributed by atoms with Crippen LogP contribution in [0.2, 0.25) is 0 Å². The Bertz CT molecular complexity index is 5200. The van der Waals surface area contributed by atoms with Crippen LogP contribution in [0.5, 0.6) is 17.2 Å². The molecule has 2 aliphatic carbocycles. The molecule has 21 nitrogen and oxygen atoms in total. The molecule has 520 valence electrons. The summed E-state index contributed by atoms with van der Waals surface area (Å²) in [5, 5.41) is 80.4. The smallest absolute Gasteiger partial charge is 0.157 e. The molecule has 5 N–H and O–H groups in total. The number of aromatic hydroxyl groups is 1. The molecule has 0 spiro atoms. The standard InChI is InChI=1S/C67H66N18O2.C14H22O/c1-36-52(38-21-17-27-46-56(38)72-80-68-46)60(84-76-42-23-13-14-24-43(42)77-84)62(86-50-31-19-29-48-58(50)74-82-70-48)40(54(36)66(9,10)34-64(3,4)5)33-41-55(67(11,12)35-65(6,7)8)37(2)53(39-22-18-28-47-57(39)73-81-69-47)61(85-78-44-25-15-16-26-45(44)79-85)63(41)87-51-32-20-30-49-59(51)75-83-71-49;1-6-7-8-13-11(4)9(2)10(3)12(5)14(13)15/h13-32,54-55H,1-2,33-35H2,3-12H3,(H,68,72,80)(H,69,73,81)(H,70,74,82)(H,71,75,83);15H,6-8H2,1-5H3. The number of aromatic amines is 4. The summed E-state index contributed by atoms with van der Waals surface area (Å²) in [7, 11) is 0. The summed E-state index contributed by atoms with van der Waals surface area (Å²) in [6.07, 6.45) is 5.03. The Hall–Kier alpha value is -11.2. The molecule has 2 atom stereocenters. The average Bonchev–Trinajstić information content (AvgIpc) is 1.06. The number of hydrogen-bond donors (Lipinski definition) is 5. The molecule has 0 radical (unpaired) electrons. The van der Waals surface area contributed by atoms with Gasteiger partial charge in [0.2, 0.25) is 0 Å². The van der Waals surface area contributed by atoms with E-state index in [-0.39, 0.29) is 17.3 Å². The van der Waals surface area contributed by atoms with E-state index in [2.05, 4.69) is 150 Å². The lowest BCUT2D eigenvalue weighted by Gasteiger charge is -2.48. The first kappa shape index (κ1) is 67.9. The lowest BCUT2D eigenvalue weighted by atomic mass is 9.57. The number of allylic oxidation sites excluding steroid dienone is 8. The molecule has 0 saturated carbocycles. The van der Waals surface area contributed by atoms with Gasteiger partial charge in [-0.15, -0.1) is 30.0 Å². The Morgan fingerprint density at radius 1 is 0.431 bits per heavy atom. The molecule has 2 unspecified atom stereocenters. The number of H-pyrrole nitrogens is 4. The molecule has 0 bridgehead atoms. The van der Waals surface area contributed by atoms with E-state index in [1.54, 1.807) is 9.59 Å². The highest BCUT2D eigenvalue weighted by Gasteiger charge is 2.50. The van der Waals surface area contributed by atoms with Crippen molar-refractivity contribution in [2.75, 3.05) is 0 Å². The van der Waals surface area contributed by atoms with Gasteiger partial charge in [-0.2, -0.15) is 61.6 Å². The van der Waals surface area contributed by atoms with Crippen LogP contribution in [0.15, 0.2) is 168 Å². The number of para-hydroxylation sites is 4. The summed E-state index contributed by atoms with van der Waals surface area (Å²) in [5.74, 6) is 1.43. The topological polar surface area (TPSA) is 266 Å². The van der Waals surface area contributed by atoms with E-state index in [1.165, 1.54) is 23.1 Å². The first-order valence-electron chi connectivity index (χ1n) is 35.0. The molecule has 13 aromatic rings. The number of nitrogens with one attached hydrogen (secondary N) is 4. The van der Waals surface area contributed by atoms with Gasteiger partial charge in [0.15, 0.2) is 34.1 Å². The third-order valence-corrected chi connectivity index (χ3v) is 20.3. The third kappa shape index (κ3) is 12.4. The summed E-state index contributed by atoms with van der Waals surface area (Å²) < 4.78 is 15.7. The van der Waals surface area contributed by atoms with Crippen LogP contribution >= 0.6 is 0 Å². The maximum absolute atomic E-state index is 10.1. The lowest BCUT2D eigenvalue weighted by Crippen LogP contribution is -2.38. The molecule has 0 amide bonds. The van der Waals surface area contributed by atoms with Crippen molar-refractivity contribution in [3.05, 3.63) is 207 Å². The van der Waals surface area contributed by atoms with Gasteiger partial charge in [-0.05, 0) is 192 Å². The van der Waals surface area contributed by atoms with E-state index >= 15 is 0 Å². The zero-order valence-corrected chi connectivity index (χ0v) is 60.9. The summed E-state index contributed by atoms with van der Waals surface area (Å²) in [6, 6.07) is 39.2. The second kappa shape index (κ2) is 26.1. The van der Waals surface area contributed by atoms with Crippen molar-refractivity contribution >= 4 is 88.7 Å². The van der Waals surface area contributed by atoms with Crippen LogP contribution in [0, 0.1) is 61.2 Å². The first-order chi connectivity index (χ1) is 48.7. The number of rotatable bonds is 17. The van der Waals surface area contributed by atoms with Gasteiger partial charge >= 0.3 is 0 Å².